The number of nitrogens with one attached hydrogen (secondary N) is 1. The Morgan fingerprint density at radius 2 is 2.00 bits per heavy atom. The fraction of sp³-hybridized carbons (Fsp3) is 0.929. The molecule has 1 amide bonds. The summed E-state index contributed by atoms with van der Waals surface area (Å²) >= 11 is 0. The summed E-state index contributed by atoms with van der Waals surface area (Å²) in [6.45, 7) is 9.66. The summed E-state index contributed by atoms with van der Waals surface area (Å²) in [5, 5.41) is 3.33. The molecule has 0 saturated carbocycles. The van der Waals surface area contributed by atoms with E-state index < -0.39 is 0 Å². The summed E-state index contributed by atoms with van der Waals surface area (Å²) in [4.78, 5) is 16.7. The lowest BCUT2D eigenvalue weighted by Crippen LogP contribution is -2.40. The van der Waals surface area contributed by atoms with Gasteiger partial charge in [-0.25, -0.2) is 0 Å². The Labute approximate surface area is 111 Å². The SMILES string of the molecule is CCCC1NCN(CC2CCN(CC)CC2)C1=O. The molecule has 1 N–H and O–H groups in total. The summed E-state index contributed by atoms with van der Waals surface area (Å²) in [6.07, 6.45) is 4.54. The highest BCUT2D eigenvalue weighted by Gasteiger charge is 2.32. The van der Waals surface area contributed by atoms with Gasteiger partial charge in [0.05, 0.1) is 12.7 Å². The number of hydrogen-bond donors (Lipinski definition) is 1. The van der Waals surface area contributed by atoms with Gasteiger partial charge in [-0.2, -0.15) is 0 Å². The van der Waals surface area contributed by atoms with Crippen molar-refractivity contribution in [3.63, 3.8) is 0 Å². The zero-order chi connectivity index (χ0) is 13.0. The Morgan fingerprint density at radius 3 is 2.61 bits per heavy atom. The monoisotopic (exact) mass is 253 g/mol. The Balaban J connectivity index is 1.76. The standard InChI is InChI=1S/C14H27N3O/c1-3-5-13-14(18)17(11-15-13)10-12-6-8-16(4-2)9-7-12/h12-13,15H,3-11H2,1-2H3. The van der Waals surface area contributed by atoms with Crippen molar-refractivity contribution < 1.29 is 4.79 Å². The zero-order valence-corrected chi connectivity index (χ0v) is 11.8. The lowest BCUT2D eigenvalue weighted by molar-refractivity contribution is -0.129. The van der Waals surface area contributed by atoms with E-state index in [0.29, 0.717) is 11.8 Å². The van der Waals surface area contributed by atoms with E-state index in [1.807, 2.05) is 4.90 Å². The van der Waals surface area contributed by atoms with E-state index in [-0.39, 0.29) is 6.04 Å². The van der Waals surface area contributed by atoms with Gasteiger partial charge < -0.3 is 9.80 Å². The summed E-state index contributed by atoms with van der Waals surface area (Å²) in [6, 6.07) is 0.0886. The minimum absolute atomic E-state index is 0.0886. The van der Waals surface area contributed by atoms with Gasteiger partial charge in [0, 0.05) is 6.54 Å². The number of amides is 1. The number of rotatable bonds is 5. The molecule has 0 bridgehead atoms. The highest BCUT2D eigenvalue weighted by atomic mass is 16.2. The molecule has 0 aromatic heterocycles. The first-order valence-electron chi connectivity index (χ1n) is 7.49. The Kier molecular flexibility index (Phi) is 5.01. The molecule has 2 aliphatic rings. The number of hydrogen-bond acceptors (Lipinski definition) is 3. The molecule has 2 heterocycles. The fourth-order valence-electron chi connectivity index (χ4n) is 3.07. The molecule has 0 aromatic rings. The summed E-state index contributed by atoms with van der Waals surface area (Å²) in [7, 11) is 0. The van der Waals surface area contributed by atoms with Crippen LogP contribution in [0.2, 0.25) is 0 Å². The van der Waals surface area contributed by atoms with Crippen LogP contribution in [0.15, 0.2) is 0 Å². The van der Waals surface area contributed by atoms with Gasteiger partial charge in [0.2, 0.25) is 5.91 Å². The van der Waals surface area contributed by atoms with E-state index in [1.165, 1.54) is 25.9 Å². The van der Waals surface area contributed by atoms with Gasteiger partial charge in [0.15, 0.2) is 0 Å². The fourth-order valence-corrected chi connectivity index (χ4v) is 3.07. The maximum absolute atomic E-state index is 12.1. The maximum Gasteiger partial charge on any atom is 0.240 e. The van der Waals surface area contributed by atoms with Gasteiger partial charge in [-0.15, -0.1) is 0 Å². The lowest BCUT2D eigenvalue weighted by Gasteiger charge is -2.33. The molecule has 104 valence electrons. The Bertz CT molecular complexity index is 274. The van der Waals surface area contributed by atoms with Gasteiger partial charge in [0.25, 0.3) is 0 Å². The van der Waals surface area contributed by atoms with Gasteiger partial charge in [-0.05, 0) is 44.8 Å². The normalized spacial score (nSPS) is 27.1. The third-order valence-corrected chi connectivity index (χ3v) is 4.35. The van der Waals surface area contributed by atoms with Gasteiger partial charge in [-0.3, -0.25) is 10.1 Å². The molecular formula is C14H27N3O. The van der Waals surface area contributed by atoms with E-state index in [1.54, 1.807) is 0 Å². The first-order chi connectivity index (χ1) is 8.74. The van der Waals surface area contributed by atoms with Crippen LogP contribution in [0.25, 0.3) is 0 Å². The predicted octanol–water partition coefficient (Wildman–Crippen LogP) is 1.28. The highest BCUT2D eigenvalue weighted by molar-refractivity contribution is 5.83. The maximum atomic E-state index is 12.1. The van der Waals surface area contributed by atoms with Crippen molar-refractivity contribution in [1.29, 1.82) is 0 Å². The van der Waals surface area contributed by atoms with Crippen molar-refractivity contribution in [1.82, 2.24) is 15.1 Å². The van der Waals surface area contributed by atoms with Crippen LogP contribution in [0.5, 0.6) is 0 Å². The molecule has 18 heavy (non-hydrogen) atoms. The first kappa shape index (κ1) is 13.8. The second-order valence-electron chi connectivity index (χ2n) is 5.64. The van der Waals surface area contributed by atoms with Crippen molar-refractivity contribution in [2.24, 2.45) is 5.92 Å². The molecule has 1 unspecified atom stereocenters. The second kappa shape index (κ2) is 6.53. The average Bonchev–Trinajstić information content (AvgIpc) is 2.73. The molecule has 0 spiro atoms. The molecule has 2 rings (SSSR count). The van der Waals surface area contributed by atoms with Crippen molar-refractivity contribution in [3.05, 3.63) is 0 Å². The third kappa shape index (κ3) is 3.23. The van der Waals surface area contributed by atoms with Crippen molar-refractivity contribution in [2.75, 3.05) is 32.8 Å². The largest absolute Gasteiger partial charge is 0.328 e. The second-order valence-corrected chi connectivity index (χ2v) is 5.64. The summed E-state index contributed by atoms with van der Waals surface area (Å²) < 4.78 is 0. The van der Waals surface area contributed by atoms with Crippen LogP contribution >= 0.6 is 0 Å². The Hall–Kier alpha value is -0.610. The number of carbonyl (C=O) groups excluding carboxylic acids is 1. The van der Waals surface area contributed by atoms with Crippen molar-refractivity contribution in [3.8, 4) is 0 Å². The van der Waals surface area contributed by atoms with E-state index >= 15 is 0 Å². The van der Waals surface area contributed by atoms with Crippen molar-refractivity contribution in [2.45, 2.75) is 45.6 Å². The first-order valence-corrected chi connectivity index (χ1v) is 7.49. The smallest absolute Gasteiger partial charge is 0.240 e. The number of nitrogens with zero attached hydrogens (tertiary/aromatic N) is 2. The van der Waals surface area contributed by atoms with E-state index in [9.17, 15) is 4.79 Å². The van der Waals surface area contributed by atoms with E-state index in [4.69, 9.17) is 0 Å². The topological polar surface area (TPSA) is 35.6 Å². The molecule has 2 aliphatic heterocycles. The molecule has 2 saturated heterocycles. The molecule has 4 heteroatoms. The van der Waals surface area contributed by atoms with Crippen LogP contribution < -0.4 is 5.32 Å². The molecule has 0 aliphatic carbocycles. The van der Waals surface area contributed by atoms with Crippen LogP contribution in [0.1, 0.15) is 39.5 Å². The predicted molar refractivity (Wildman–Crippen MR) is 73.2 cm³/mol. The minimum Gasteiger partial charge on any atom is -0.328 e. The van der Waals surface area contributed by atoms with Crippen LogP contribution in [0, 0.1) is 5.92 Å². The molecule has 4 nitrogen and oxygen atoms in total. The molecule has 0 radical (unpaired) electrons. The quantitative estimate of drug-likeness (QED) is 0.801. The van der Waals surface area contributed by atoms with Gasteiger partial charge in [0.1, 0.15) is 0 Å². The van der Waals surface area contributed by atoms with Crippen LogP contribution in [-0.2, 0) is 4.79 Å². The van der Waals surface area contributed by atoms with E-state index in [2.05, 4.69) is 24.1 Å². The third-order valence-electron chi connectivity index (χ3n) is 4.35. The number of likely N-dealkylation sites (tertiary alicyclic amines) is 1. The van der Waals surface area contributed by atoms with Crippen molar-refractivity contribution >= 4 is 5.91 Å². The number of carbonyl (C=O) groups is 1. The van der Waals surface area contributed by atoms with Gasteiger partial charge in [-0.1, -0.05) is 20.3 Å². The number of piperidine rings is 1. The van der Waals surface area contributed by atoms with Gasteiger partial charge >= 0.3 is 0 Å². The van der Waals surface area contributed by atoms with E-state index in [0.717, 1.165) is 32.6 Å². The Morgan fingerprint density at radius 1 is 1.28 bits per heavy atom. The molecule has 1 atom stereocenters. The lowest BCUT2D eigenvalue weighted by atomic mass is 9.96. The molecule has 0 aromatic carbocycles. The van der Waals surface area contributed by atoms with Crippen LogP contribution in [0.4, 0.5) is 0 Å². The van der Waals surface area contributed by atoms with Crippen LogP contribution in [0.3, 0.4) is 0 Å². The molecule has 2 fully saturated rings. The average molecular weight is 253 g/mol. The summed E-state index contributed by atoms with van der Waals surface area (Å²) in [5.41, 5.74) is 0. The summed E-state index contributed by atoms with van der Waals surface area (Å²) in [5.74, 6) is 1.04. The molecular weight excluding hydrogens is 226 g/mol. The highest BCUT2D eigenvalue weighted by Crippen LogP contribution is 2.20. The minimum atomic E-state index is 0.0886. The van der Waals surface area contributed by atoms with Crippen LogP contribution in [-0.4, -0.2) is 54.6 Å². The zero-order valence-electron chi connectivity index (χ0n) is 11.8.